The molecule has 9 heteroatoms. The van der Waals surface area contributed by atoms with Crippen LogP contribution >= 0.6 is 0 Å². The number of ether oxygens (including phenoxy) is 1. The van der Waals surface area contributed by atoms with Gasteiger partial charge in [-0.3, -0.25) is 4.79 Å². The topological polar surface area (TPSA) is 101 Å². The van der Waals surface area contributed by atoms with E-state index in [4.69, 9.17) is 9.84 Å². The Hall–Kier alpha value is -2.00. The lowest BCUT2D eigenvalue weighted by atomic mass is 10.0. The highest BCUT2D eigenvalue weighted by Crippen LogP contribution is 2.27. The van der Waals surface area contributed by atoms with Crippen LogP contribution in [-0.4, -0.2) is 48.5 Å². The maximum absolute atomic E-state index is 14.1. The first-order chi connectivity index (χ1) is 12.4. The zero-order valence-corrected chi connectivity index (χ0v) is 16.4. The molecular formula is C18H24FNO6S. The molecule has 1 aromatic rings. The summed E-state index contributed by atoms with van der Waals surface area (Å²) in [5, 5.41) is 9.03. The van der Waals surface area contributed by atoms with E-state index in [9.17, 15) is 22.4 Å². The van der Waals surface area contributed by atoms with Crippen molar-refractivity contribution in [2.75, 3.05) is 13.1 Å². The first-order valence-corrected chi connectivity index (χ1v) is 10.1. The van der Waals surface area contributed by atoms with Crippen LogP contribution in [0.5, 0.6) is 0 Å². The molecule has 0 aromatic heterocycles. The van der Waals surface area contributed by atoms with Crippen molar-refractivity contribution in [1.82, 2.24) is 4.31 Å². The van der Waals surface area contributed by atoms with Crippen LogP contribution in [0, 0.1) is 11.7 Å². The zero-order valence-electron chi connectivity index (χ0n) is 15.6. The number of hydrogen-bond acceptors (Lipinski definition) is 5. The lowest BCUT2D eigenvalue weighted by Gasteiger charge is -2.23. The van der Waals surface area contributed by atoms with E-state index in [0.29, 0.717) is 12.8 Å². The number of aromatic carboxylic acids is 1. The summed E-state index contributed by atoms with van der Waals surface area (Å²) >= 11 is 0. The average Bonchev–Trinajstić information content (AvgIpc) is 2.79. The summed E-state index contributed by atoms with van der Waals surface area (Å²) in [4.78, 5) is 22.7. The molecule has 150 valence electrons. The number of nitrogens with zero attached hydrogens (tertiary/aromatic N) is 1. The van der Waals surface area contributed by atoms with E-state index in [1.54, 1.807) is 20.8 Å². The second-order valence-electron chi connectivity index (χ2n) is 7.52. The number of carboxylic acids is 1. The van der Waals surface area contributed by atoms with E-state index in [0.717, 1.165) is 22.5 Å². The fraction of sp³-hybridized carbons (Fsp3) is 0.556. The van der Waals surface area contributed by atoms with Crippen molar-refractivity contribution in [3.63, 3.8) is 0 Å². The van der Waals surface area contributed by atoms with Gasteiger partial charge in [0.15, 0.2) is 0 Å². The summed E-state index contributed by atoms with van der Waals surface area (Å²) in [6.45, 7) is 5.44. The van der Waals surface area contributed by atoms with Gasteiger partial charge in [0, 0.05) is 13.1 Å². The highest BCUT2D eigenvalue weighted by atomic mass is 32.2. The summed E-state index contributed by atoms with van der Waals surface area (Å²) in [6, 6.07) is 2.67. The van der Waals surface area contributed by atoms with Crippen molar-refractivity contribution >= 4 is 22.0 Å². The van der Waals surface area contributed by atoms with Gasteiger partial charge in [-0.15, -0.1) is 0 Å². The third-order valence-corrected chi connectivity index (χ3v) is 6.14. The molecular weight excluding hydrogens is 377 g/mol. The molecule has 27 heavy (non-hydrogen) atoms. The van der Waals surface area contributed by atoms with Gasteiger partial charge >= 0.3 is 11.9 Å². The number of sulfonamides is 1. The summed E-state index contributed by atoms with van der Waals surface area (Å²) < 4.78 is 46.2. The molecule has 1 heterocycles. The van der Waals surface area contributed by atoms with Gasteiger partial charge in [-0.05, 0) is 58.2 Å². The van der Waals surface area contributed by atoms with Crippen molar-refractivity contribution < 1.29 is 32.2 Å². The van der Waals surface area contributed by atoms with Gasteiger partial charge in [0.1, 0.15) is 16.3 Å². The van der Waals surface area contributed by atoms with Crippen molar-refractivity contribution in [3.8, 4) is 0 Å². The molecule has 1 saturated heterocycles. The molecule has 1 atom stereocenters. The second-order valence-corrected chi connectivity index (χ2v) is 9.42. The van der Waals surface area contributed by atoms with Crippen molar-refractivity contribution in [3.05, 3.63) is 29.6 Å². The number of esters is 1. The fourth-order valence-corrected chi connectivity index (χ4v) is 4.49. The molecule has 1 aliphatic rings. The smallest absolute Gasteiger partial charge is 0.335 e. The lowest BCUT2D eigenvalue weighted by molar-refractivity contribution is -0.160. The standard InChI is InChI=1S/C18H24FNO6S/c1-18(2,3)26-17(23)12-5-4-9-20(10-8-12)27(24,25)15-11-13(16(21)22)6-7-14(15)19/h6-7,11-12H,4-5,8-10H2,1-3H3,(H,21,22). The number of carbonyl (C=O) groups excluding carboxylic acids is 1. The molecule has 1 aliphatic heterocycles. The molecule has 1 N–H and O–H groups in total. The highest BCUT2D eigenvalue weighted by Gasteiger charge is 2.33. The quantitative estimate of drug-likeness (QED) is 0.779. The molecule has 1 aromatic carbocycles. The van der Waals surface area contributed by atoms with Crippen LogP contribution in [-0.2, 0) is 19.6 Å². The summed E-state index contributed by atoms with van der Waals surface area (Å²) in [7, 11) is -4.21. The van der Waals surface area contributed by atoms with Crippen LogP contribution in [0.2, 0.25) is 0 Å². The van der Waals surface area contributed by atoms with Crippen LogP contribution in [0.4, 0.5) is 4.39 Å². The van der Waals surface area contributed by atoms with Gasteiger partial charge in [0.2, 0.25) is 10.0 Å². The predicted molar refractivity (Wildman–Crippen MR) is 95.3 cm³/mol. The average molecular weight is 401 g/mol. The normalized spacial score (nSPS) is 19.3. The number of rotatable bonds is 4. The molecule has 0 saturated carbocycles. The van der Waals surface area contributed by atoms with Crippen molar-refractivity contribution in [2.24, 2.45) is 5.92 Å². The van der Waals surface area contributed by atoms with Crippen LogP contribution in [0.15, 0.2) is 23.1 Å². The van der Waals surface area contributed by atoms with Gasteiger partial charge in [-0.1, -0.05) is 0 Å². The number of benzene rings is 1. The minimum absolute atomic E-state index is 0.0307. The van der Waals surface area contributed by atoms with Crippen LogP contribution in [0.1, 0.15) is 50.4 Å². The van der Waals surface area contributed by atoms with Crippen molar-refractivity contribution in [2.45, 2.75) is 50.5 Å². The fourth-order valence-electron chi connectivity index (χ4n) is 2.90. The molecule has 0 bridgehead atoms. The molecule has 1 fully saturated rings. The third-order valence-electron chi connectivity index (χ3n) is 4.22. The Labute approximate surface area is 158 Å². The van der Waals surface area contributed by atoms with Crippen LogP contribution in [0.25, 0.3) is 0 Å². The summed E-state index contributed by atoms with van der Waals surface area (Å²) in [5.41, 5.74) is -0.938. The van der Waals surface area contributed by atoms with Crippen molar-refractivity contribution in [1.29, 1.82) is 0 Å². The minimum Gasteiger partial charge on any atom is -0.478 e. The number of carbonyl (C=O) groups is 2. The number of hydrogen-bond donors (Lipinski definition) is 1. The predicted octanol–water partition coefficient (Wildman–Crippen LogP) is 2.66. The second kappa shape index (κ2) is 7.93. The van der Waals surface area contributed by atoms with Gasteiger partial charge in [0.25, 0.3) is 0 Å². The number of halogens is 1. The Morgan fingerprint density at radius 2 is 1.89 bits per heavy atom. The minimum atomic E-state index is -4.21. The number of carboxylic acid groups (broad SMARTS) is 1. The Bertz CT molecular complexity index is 831. The molecule has 0 radical (unpaired) electrons. The van der Waals surface area contributed by atoms with E-state index in [1.807, 2.05) is 0 Å². The van der Waals surface area contributed by atoms with E-state index in [2.05, 4.69) is 0 Å². The van der Waals surface area contributed by atoms with E-state index in [-0.39, 0.29) is 31.0 Å². The molecule has 0 amide bonds. The SMILES string of the molecule is CC(C)(C)OC(=O)C1CCCN(S(=O)(=O)c2cc(C(=O)O)ccc2F)CC1. The zero-order chi connectivity index (χ0) is 20.4. The molecule has 2 rings (SSSR count). The van der Waals surface area contributed by atoms with Gasteiger partial charge < -0.3 is 9.84 Å². The molecule has 7 nitrogen and oxygen atoms in total. The summed E-state index contributed by atoms with van der Waals surface area (Å²) in [6.07, 6.45) is 1.15. The molecule has 1 unspecified atom stereocenters. The third kappa shape index (κ3) is 5.26. The Kier molecular flexibility index (Phi) is 6.26. The maximum atomic E-state index is 14.1. The van der Waals surface area contributed by atoms with E-state index < -0.39 is 38.2 Å². The molecule has 0 spiro atoms. The largest absolute Gasteiger partial charge is 0.478 e. The Balaban J connectivity index is 2.20. The molecule has 0 aliphatic carbocycles. The Morgan fingerprint density at radius 3 is 2.48 bits per heavy atom. The van der Waals surface area contributed by atoms with Crippen LogP contribution < -0.4 is 0 Å². The first kappa shape index (κ1) is 21.3. The maximum Gasteiger partial charge on any atom is 0.335 e. The first-order valence-electron chi connectivity index (χ1n) is 8.67. The van der Waals surface area contributed by atoms with Crippen LogP contribution in [0.3, 0.4) is 0 Å². The Morgan fingerprint density at radius 1 is 1.22 bits per heavy atom. The van der Waals surface area contributed by atoms with Gasteiger partial charge in [-0.2, -0.15) is 4.31 Å². The highest BCUT2D eigenvalue weighted by molar-refractivity contribution is 7.89. The van der Waals surface area contributed by atoms with Gasteiger partial charge in [0.05, 0.1) is 11.5 Å². The summed E-state index contributed by atoms with van der Waals surface area (Å²) in [5.74, 6) is -3.15. The van der Waals surface area contributed by atoms with E-state index in [1.165, 1.54) is 0 Å². The van der Waals surface area contributed by atoms with Gasteiger partial charge in [-0.25, -0.2) is 17.6 Å². The monoisotopic (exact) mass is 401 g/mol. The van der Waals surface area contributed by atoms with E-state index >= 15 is 0 Å². The lowest BCUT2D eigenvalue weighted by Crippen LogP contribution is -2.33.